The fourth-order valence-corrected chi connectivity index (χ4v) is 3.55. The molecule has 0 spiro atoms. The van der Waals surface area contributed by atoms with Crippen LogP contribution >= 0.6 is 0 Å². The number of benzene rings is 2. The number of carbonyl (C=O) groups is 2. The Bertz CT molecular complexity index is 853. The molecule has 2 aromatic rings. The van der Waals surface area contributed by atoms with E-state index in [4.69, 9.17) is 0 Å². The molecule has 1 saturated heterocycles. The highest BCUT2D eigenvalue weighted by Gasteiger charge is 2.27. The van der Waals surface area contributed by atoms with Crippen molar-refractivity contribution < 1.29 is 14.0 Å². The molecule has 1 atom stereocenters. The molecule has 160 valence electrons. The molecule has 1 fully saturated rings. The third-order valence-electron chi connectivity index (χ3n) is 5.45. The Kier molecular flexibility index (Phi) is 7.54. The van der Waals surface area contributed by atoms with Gasteiger partial charge in [-0.2, -0.15) is 0 Å². The van der Waals surface area contributed by atoms with Gasteiger partial charge < -0.3 is 10.2 Å². The average molecular weight is 413 g/mol. The summed E-state index contributed by atoms with van der Waals surface area (Å²) in [5.41, 5.74) is 1.68. The number of piperazine rings is 1. The van der Waals surface area contributed by atoms with Crippen LogP contribution in [0, 0.1) is 5.82 Å². The lowest BCUT2D eigenvalue weighted by Gasteiger charge is -2.37. The van der Waals surface area contributed by atoms with Gasteiger partial charge in [-0.3, -0.25) is 19.4 Å². The van der Waals surface area contributed by atoms with Crippen molar-refractivity contribution in [2.75, 3.05) is 45.1 Å². The predicted molar refractivity (Wildman–Crippen MR) is 115 cm³/mol. The minimum Gasteiger partial charge on any atom is -0.339 e. The van der Waals surface area contributed by atoms with Crippen LogP contribution in [0.5, 0.6) is 0 Å². The monoisotopic (exact) mass is 412 g/mol. The first kappa shape index (κ1) is 21.9. The van der Waals surface area contributed by atoms with Crippen molar-refractivity contribution in [1.82, 2.24) is 14.7 Å². The Morgan fingerprint density at radius 3 is 2.43 bits per heavy atom. The summed E-state index contributed by atoms with van der Waals surface area (Å²) in [6.07, 6.45) is 0. The first-order chi connectivity index (χ1) is 14.4. The molecule has 6 nitrogen and oxygen atoms in total. The largest absolute Gasteiger partial charge is 0.339 e. The minimum absolute atomic E-state index is 0.0235. The number of nitrogens with one attached hydrogen (secondary N) is 1. The summed E-state index contributed by atoms with van der Waals surface area (Å²) in [5.74, 6) is -0.665. The van der Waals surface area contributed by atoms with E-state index in [0.29, 0.717) is 18.8 Å². The minimum atomic E-state index is -0.413. The third-order valence-corrected chi connectivity index (χ3v) is 5.45. The summed E-state index contributed by atoms with van der Waals surface area (Å²) in [6.45, 7) is 5.77. The second kappa shape index (κ2) is 10.3. The van der Waals surface area contributed by atoms with Crippen molar-refractivity contribution in [2.45, 2.75) is 19.5 Å². The predicted octanol–water partition coefficient (Wildman–Crippen LogP) is 2.43. The van der Waals surface area contributed by atoms with E-state index in [1.165, 1.54) is 23.8 Å². The highest BCUT2D eigenvalue weighted by molar-refractivity contribution is 5.92. The Hall–Kier alpha value is -2.77. The molecule has 2 aromatic carbocycles. The summed E-state index contributed by atoms with van der Waals surface area (Å²) in [5, 5.41) is 2.66. The molecular formula is C23H29FN4O2. The summed E-state index contributed by atoms with van der Waals surface area (Å²) < 4.78 is 13.3. The fourth-order valence-electron chi connectivity index (χ4n) is 3.55. The topological polar surface area (TPSA) is 55.9 Å². The van der Waals surface area contributed by atoms with E-state index in [1.807, 2.05) is 30.0 Å². The lowest BCUT2D eigenvalue weighted by atomic mass is 10.2. The zero-order valence-electron chi connectivity index (χ0n) is 17.6. The molecule has 0 saturated carbocycles. The van der Waals surface area contributed by atoms with Crippen LogP contribution in [0.4, 0.5) is 10.1 Å². The number of hydrogen-bond donors (Lipinski definition) is 1. The van der Waals surface area contributed by atoms with Crippen molar-refractivity contribution in [2.24, 2.45) is 0 Å². The van der Waals surface area contributed by atoms with E-state index in [-0.39, 0.29) is 18.4 Å². The number of nitrogens with zero attached hydrogens (tertiary/aromatic N) is 3. The molecule has 0 radical (unpaired) electrons. The molecule has 1 N–H and O–H groups in total. The lowest BCUT2D eigenvalue weighted by Crippen LogP contribution is -2.54. The van der Waals surface area contributed by atoms with Crippen molar-refractivity contribution in [1.29, 1.82) is 0 Å². The first-order valence-corrected chi connectivity index (χ1v) is 10.2. The summed E-state index contributed by atoms with van der Waals surface area (Å²) in [6, 6.07) is 15.7. The Morgan fingerprint density at radius 2 is 1.77 bits per heavy atom. The normalized spacial score (nSPS) is 15.8. The number of halogens is 1. The second-order valence-electron chi connectivity index (χ2n) is 7.74. The quantitative estimate of drug-likeness (QED) is 0.759. The van der Waals surface area contributed by atoms with Gasteiger partial charge in [0.1, 0.15) is 5.82 Å². The number of likely N-dealkylation sites (N-methyl/N-ethyl adjacent to an activating group) is 1. The maximum Gasteiger partial charge on any atom is 0.239 e. The molecule has 1 aliphatic heterocycles. The maximum atomic E-state index is 13.3. The number of rotatable bonds is 7. The molecule has 30 heavy (non-hydrogen) atoms. The Labute approximate surface area is 177 Å². The maximum absolute atomic E-state index is 13.3. The highest BCUT2D eigenvalue weighted by atomic mass is 19.1. The van der Waals surface area contributed by atoms with Crippen LogP contribution in [0.25, 0.3) is 0 Å². The van der Waals surface area contributed by atoms with E-state index >= 15 is 0 Å². The van der Waals surface area contributed by atoms with Gasteiger partial charge in [0.05, 0.1) is 12.6 Å². The van der Waals surface area contributed by atoms with Gasteiger partial charge in [-0.1, -0.05) is 36.4 Å². The van der Waals surface area contributed by atoms with E-state index in [1.54, 1.807) is 18.0 Å². The molecule has 0 bridgehead atoms. The van der Waals surface area contributed by atoms with Gasteiger partial charge in [0, 0.05) is 38.4 Å². The van der Waals surface area contributed by atoms with Gasteiger partial charge in [-0.05, 0) is 37.7 Å². The Morgan fingerprint density at radius 1 is 1.07 bits per heavy atom. The number of carbonyl (C=O) groups excluding carboxylic acids is 2. The van der Waals surface area contributed by atoms with Gasteiger partial charge in [-0.25, -0.2) is 4.39 Å². The van der Waals surface area contributed by atoms with Crippen LogP contribution < -0.4 is 5.32 Å². The third kappa shape index (κ3) is 6.11. The second-order valence-corrected chi connectivity index (χ2v) is 7.74. The van der Waals surface area contributed by atoms with Crippen LogP contribution in [-0.4, -0.2) is 72.3 Å². The zero-order chi connectivity index (χ0) is 21.5. The van der Waals surface area contributed by atoms with E-state index in [0.717, 1.165) is 19.6 Å². The number of amides is 2. The average Bonchev–Trinajstić information content (AvgIpc) is 2.74. The van der Waals surface area contributed by atoms with Gasteiger partial charge in [0.15, 0.2) is 0 Å². The molecule has 7 heteroatoms. The SMILES string of the molecule is CC(C(=O)N1CCN(Cc2ccccc2)CC1)N(C)CC(=O)Nc1cccc(F)c1. The lowest BCUT2D eigenvalue weighted by molar-refractivity contribution is -0.138. The van der Waals surface area contributed by atoms with Crippen LogP contribution in [0.2, 0.25) is 0 Å². The number of hydrogen-bond acceptors (Lipinski definition) is 4. The first-order valence-electron chi connectivity index (χ1n) is 10.2. The molecule has 2 amide bonds. The molecule has 0 aromatic heterocycles. The van der Waals surface area contributed by atoms with Gasteiger partial charge in [0.2, 0.25) is 11.8 Å². The molecule has 3 rings (SSSR count). The molecule has 1 unspecified atom stereocenters. The van der Waals surface area contributed by atoms with Crippen molar-refractivity contribution >= 4 is 17.5 Å². The van der Waals surface area contributed by atoms with Crippen molar-refractivity contribution in [3.63, 3.8) is 0 Å². The zero-order valence-corrected chi connectivity index (χ0v) is 17.6. The molecule has 0 aliphatic carbocycles. The van der Waals surface area contributed by atoms with Crippen molar-refractivity contribution in [3.8, 4) is 0 Å². The molecular weight excluding hydrogens is 383 g/mol. The van der Waals surface area contributed by atoms with Gasteiger partial charge in [0.25, 0.3) is 0 Å². The van der Waals surface area contributed by atoms with E-state index in [2.05, 4.69) is 22.3 Å². The molecule has 1 heterocycles. The summed E-state index contributed by atoms with van der Waals surface area (Å²) >= 11 is 0. The number of anilines is 1. The van der Waals surface area contributed by atoms with Crippen LogP contribution in [0.15, 0.2) is 54.6 Å². The van der Waals surface area contributed by atoms with E-state index < -0.39 is 11.9 Å². The highest BCUT2D eigenvalue weighted by Crippen LogP contribution is 2.12. The van der Waals surface area contributed by atoms with Crippen LogP contribution in [-0.2, 0) is 16.1 Å². The van der Waals surface area contributed by atoms with Gasteiger partial charge >= 0.3 is 0 Å². The van der Waals surface area contributed by atoms with Crippen molar-refractivity contribution in [3.05, 3.63) is 66.0 Å². The smallest absolute Gasteiger partial charge is 0.239 e. The fraction of sp³-hybridized carbons (Fsp3) is 0.391. The summed E-state index contributed by atoms with van der Waals surface area (Å²) in [7, 11) is 1.75. The van der Waals surface area contributed by atoms with Crippen LogP contribution in [0.1, 0.15) is 12.5 Å². The standard InChI is InChI=1S/C23H29FN4O2/c1-18(26(2)17-22(29)25-21-10-6-9-20(24)15-21)23(30)28-13-11-27(12-14-28)16-19-7-4-3-5-8-19/h3-10,15,18H,11-14,16-17H2,1-2H3,(H,25,29). The molecule has 1 aliphatic rings. The van der Waals surface area contributed by atoms with Crippen LogP contribution in [0.3, 0.4) is 0 Å². The van der Waals surface area contributed by atoms with Gasteiger partial charge in [-0.15, -0.1) is 0 Å². The Balaban J connectivity index is 1.45. The summed E-state index contributed by atoms with van der Waals surface area (Å²) in [4.78, 5) is 31.1. The van der Waals surface area contributed by atoms with E-state index in [9.17, 15) is 14.0 Å².